The van der Waals surface area contributed by atoms with Crippen molar-refractivity contribution in [1.29, 1.82) is 0 Å². The van der Waals surface area contributed by atoms with Crippen LogP contribution in [0, 0.1) is 5.41 Å². The van der Waals surface area contributed by atoms with E-state index in [9.17, 15) is 0 Å². The molecule has 0 aliphatic heterocycles. The van der Waals surface area contributed by atoms with E-state index in [1.54, 1.807) is 13.4 Å². The summed E-state index contributed by atoms with van der Waals surface area (Å²) < 4.78 is 5.38. The van der Waals surface area contributed by atoms with Crippen molar-refractivity contribution in [2.24, 2.45) is 5.41 Å². The number of nitrogens with zero attached hydrogens (tertiary/aromatic N) is 2. The van der Waals surface area contributed by atoms with E-state index in [-0.39, 0.29) is 5.41 Å². The SMILES string of the molecule is CCCCCC(C)(C)CNc1ncnc(NC)c1OC. The maximum atomic E-state index is 5.38. The van der Waals surface area contributed by atoms with Crippen LogP contribution in [-0.4, -0.2) is 30.7 Å². The summed E-state index contributed by atoms with van der Waals surface area (Å²) in [6.45, 7) is 7.66. The van der Waals surface area contributed by atoms with Gasteiger partial charge in [-0.3, -0.25) is 0 Å². The van der Waals surface area contributed by atoms with Crippen LogP contribution in [0.2, 0.25) is 0 Å². The maximum absolute atomic E-state index is 5.38. The first-order valence-electron chi connectivity index (χ1n) is 7.34. The van der Waals surface area contributed by atoms with Crippen molar-refractivity contribution in [2.45, 2.75) is 46.5 Å². The van der Waals surface area contributed by atoms with Gasteiger partial charge in [0.2, 0.25) is 5.75 Å². The van der Waals surface area contributed by atoms with Crippen molar-refractivity contribution >= 4 is 11.6 Å². The van der Waals surface area contributed by atoms with E-state index in [1.165, 1.54) is 25.7 Å². The fraction of sp³-hybridized carbons (Fsp3) is 0.733. The number of ether oxygens (including phenoxy) is 1. The maximum Gasteiger partial charge on any atom is 0.204 e. The van der Waals surface area contributed by atoms with Crippen LogP contribution in [0.25, 0.3) is 0 Å². The van der Waals surface area contributed by atoms with Gasteiger partial charge in [0.1, 0.15) is 6.33 Å². The predicted molar refractivity (Wildman–Crippen MR) is 84.5 cm³/mol. The van der Waals surface area contributed by atoms with Crippen molar-refractivity contribution in [2.75, 3.05) is 31.3 Å². The van der Waals surface area contributed by atoms with Gasteiger partial charge < -0.3 is 15.4 Å². The van der Waals surface area contributed by atoms with E-state index in [2.05, 4.69) is 41.4 Å². The molecule has 2 N–H and O–H groups in total. The third-order valence-corrected chi connectivity index (χ3v) is 3.44. The molecule has 0 unspecified atom stereocenters. The molecule has 1 aromatic rings. The molecule has 1 rings (SSSR count). The Morgan fingerprint density at radius 3 is 2.50 bits per heavy atom. The highest BCUT2D eigenvalue weighted by Gasteiger charge is 2.19. The molecule has 1 heterocycles. The molecule has 20 heavy (non-hydrogen) atoms. The predicted octanol–water partition coefficient (Wildman–Crippen LogP) is 3.55. The highest BCUT2D eigenvalue weighted by Crippen LogP contribution is 2.30. The first-order valence-corrected chi connectivity index (χ1v) is 7.34. The van der Waals surface area contributed by atoms with Crippen LogP contribution in [0.1, 0.15) is 46.5 Å². The van der Waals surface area contributed by atoms with E-state index in [0.717, 1.165) is 12.4 Å². The van der Waals surface area contributed by atoms with Crippen molar-refractivity contribution in [1.82, 2.24) is 9.97 Å². The van der Waals surface area contributed by atoms with E-state index >= 15 is 0 Å². The van der Waals surface area contributed by atoms with Gasteiger partial charge in [-0.1, -0.05) is 40.0 Å². The molecule has 5 heteroatoms. The van der Waals surface area contributed by atoms with E-state index in [4.69, 9.17) is 4.74 Å². The Morgan fingerprint density at radius 1 is 1.20 bits per heavy atom. The van der Waals surface area contributed by atoms with Crippen LogP contribution >= 0.6 is 0 Å². The van der Waals surface area contributed by atoms with Gasteiger partial charge in [-0.2, -0.15) is 0 Å². The monoisotopic (exact) mass is 280 g/mol. The lowest BCUT2D eigenvalue weighted by atomic mass is 9.87. The zero-order chi connectivity index (χ0) is 15.0. The van der Waals surface area contributed by atoms with Crippen LogP contribution in [-0.2, 0) is 0 Å². The molecular weight excluding hydrogens is 252 g/mol. The summed E-state index contributed by atoms with van der Waals surface area (Å²) in [4.78, 5) is 8.42. The topological polar surface area (TPSA) is 59.1 Å². The second-order valence-electron chi connectivity index (χ2n) is 5.83. The molecule has 0 saturated heterocycles. The van der Waals surface area contributed by atoms with Gasteiger partial charge >= 0.3 is 0 Å². The number of hydrogen-bond donors (Lipinski definition) is 2. The summed E-state index contributed by atoms with van der Waals surface area (Å²) in [5, 5.41) is 6.40. The van der Waals surface area contributed by atoms with Crippen LogP contribution in [0.15, 0.2) is 6.33 Å². The lowest BCUT2D eigenvalue weighted by Crippen LogP contribution is -2.23. The number of aromatic nitrogens is 2. The zero-order valence-corrected chi connectivity index (χ0v) is 13.4. The lowest BCUT2D eigenvalue weighted by molar-refractivity contribution is 0.341. The molecule has 0 amide bonds. The van der Waals surface area contributed by atoms with E-state index < -0.39 is 0 Å². The van der Waals surface area contributed by atoms with Gasteiger partial charge in [0.05, 0.1) is 7.11 Å². The largest absolute Gasteiger partial charge is 0.490 e. The Morgan fingerprint density at radius 2 is 1.90 bits per heavy atom. The standard InChI is InChI=1S/C15H28N4O/c1-6-7-8-9-15(2,3)10-17-14-12(20-5)13(16-4)18-11-19-14/h11H,6-10H2,1-5H3,(H2,16,17,18,19). The summed E-state index contributed by atoms with van der Waals surface area (Å²) >= 11 is 0. The highest BCUT2D eigenvalue weighted by atomic mass is 16.5. The van der Waals surface area contributed by atoms with Gasteiger partial charge in [0, 0.05) is 13.6 Å². The molecule has 0 fully saturated rings. The first-order chi connectivity index (χ1) is 9.54. The molecule has 1 aromatic heterocycles. The van der Waals surface area contributed by atoms with Gasteiger partial charge in [-0.25, -0.2) is 9.97 Å². The molecule has 114 valence electrons. The second kappa shape index (κ2) is 7.92. The first kappa shape index (κ1) is 16.5. The van der Waals surface area contributed by atoms with Crippen molar-refractivity contribution in [3.05, 3.63) is 6.33 Å². The lowest BCUT2D eigenvalue weighted by Gasteiger charge is -2.25. The summed E-state index contributed by atoms with van der Waals surface area (Å²) in [5.41, 5.74) is 0.241. The molecule has 0 bridgehead atoms. The Hall–Kier alpha value is -1.52. The fourth-order valence-electron chi connectivity index (χ4n) is 2.14. The van der Waals surface area contributed by atoms with Crippen molar-refractivity contribution < 1.29 is 4.74 Å². The number of nitrogens with one attached hydrogen (secondary N) is 2. The van der Waals surface area contributed by atoms with Crippen LogP contribution in [0.5, 0.6) is 5.75 Å². The molecule has 0 aliphatic carbocycles. The summed E-state index contributed by atoms with van der Waals surface area (Å²) in [5.74, 6) is 2.11. The third kappa shape index (κ3) is 4.87. The van der Waals surface area contributed by atoms with Crippen LogP contribution in [0.3, 0.4) is 0 Å². The molecule has 0 aromatic carbocycles. The van der Waals surface area contributed by atoms with Crippen LogP contribution < -0.4 is 15.4 Å². The molecule has 0 aliphatic rings. The third-order valence-electron chi connectivity index (χ3n) is 3.44. The van der Waals surface area contributed by atoms with Crippen molar-refractivity contribution in [3.63, 3.8) is 0 Å². The minimum absolute atomic E-state index is 0.241. The van der Waals surface area contributed by atoms with Crippen LogP contribution in [0.4, 0.5) is 11.6 Å². The summed E-state index contributed by atoms with van der Waals surface area (Å²) in [6, 6.07) is 0. The van der Waals surface area contributed by atoms with Gasteiger partial charge in [0.15, 0.2) is 11.6 Å². The Balaban J connectivity index is 2.64. The van der Waals surface area contributed by atoms with Gasteiger partial charge in [-0.15, -0.1) is 0 Å². The quantitative estimate of drug-likeness (QED) is 0.677. The average Bonchev–Trinajstić information content (AvgIpc) is 2.44. The molecule has 0 atom stereocenters. The number of hydrogen-bond acceptors (Lipinski definition) is 5. The van der Waals surface area contributed by atoms with Crippen molar-refractivity contribution in [3.8, 4) is 5.75 Å². The average molecular weight is 280 g/mol. The van der Waals surface area contributed by atoms with Gasteiger partial charge in [0.25, 0.3) is 0 Å². The Bertz CT molecular complexity index is 407. The highest BCUT2D eigenvalue weighted by molar-refractivity contribution is 5.63. The summed E-state index contributed by atoms with van der Waals surface area (Å²) in [7, 11) is 3.46. The van der Waals surface area contributed by atoms with Gasteiger partial charge in [-0.05, 0) is 11.8 Å². The smallest absolute Gasteiger partial charge is 0.204 e. The molecule has 5 nitrogen and oxygen atoms in total. The molecular formula is C15H28N4O. The number of rotatable bonds is 9. The molecule has 0 saturated carbocycles. The second-order valence-corrected chi connectivity index (χ2v) is 5.83. The Labute approximate surface area is 122 Å². The number of unbranched alkanes of at least 4 members (excludes halogenated alkanes) is 2. The minimum atomic E-state index is 0.241. The minimum Gasteiger partial charge on any atom is -0.490 e. The molecule has 0 spiro atoms. The zero-order valence-electron chi connectivity index (χ0n) is 13.4. The number of methoxy groups -OCH3 is 1. The molecule has 0 radical (unpaired) electrons. The fourth-order valence-corrected chi connectivity index (χ4v) is 2.14. The summed E-state index contributed by atoms with van der Waals surface area (Å²) in [6.07, 6.45) is 6.58. The van der Waals surface area contributed by atoms with E-state index in [0.29, 0.717) is 11.6 Å². The normalized spacial score (nSPS) is 11.2. The van der Waals surface area contributed by atoms with E-state index in [1.807, 2.05) is 7.05 Å². The Kier molecular flexibility index (Phi) is 6.55. The number of anilines is 2.